The van der Waals surface area contributed by atoms with Gasteiger partial charge in [0.25, 0.3) is 5.91 Å². The van der Waals surface area contributed by atoms with Crippen LogP contribution in [0.2, 0.25) is 5.02 Å². The number of carbonyl (C=O) groups is 1. The minimum atomic E-state index is -0.274. The number of nitrogens with zero attached hydrogens (tertiary/aromatic N) is 1. The Balaban J connectivity index is 1.43. The van der Waals surface area contributed by atoms with Crippen molar-refractivity contribution in [2.24, 2.45) is 0 Å². The molecular weight excluding hydrogens is 377 g/mol. The van der Waals surface area contributed by atoms with E-state index in [4.69, 9.17) is 11.6 Å². The van der Waals surface area contributed by atoms with Crippen LogP contribution in [0.4, 0.5) is 10.1 Å². The molecule has 144 valence electrons. The Morgan fingerprint density at radius 1 is 0.964 bits per heavy atom. The van der Waals surface area contributed by atoms with Crippen LogP contribution >= 0.6 is 11.6 Å². The zero-order chi connectivity index (χ0) is 19.8. The Morgan fingerprint density at radius 3 is 2.46 bits per heavy atom. The smallest absolute Gasteiger partial charge is 0.269 e. The second-order valence-electron chi connectivity index (χ2n) is 6.33. The third-order valence-electron chi connectivity index (χ3n) is 4.29. The minimum Gasteiger partial charge on any atom is -0.383 e. The molecule has 3 rings (SSSR count). The zero-order valence-electron chi connectivity index (χ0n) is 15.3. The maximum Gasteiger partial charge on any atom is 0.269 e. The molecule has 1 heterocycles. The lowest BCUT2D eigenvalue weighted by Gasteiger charge is -2.08. The topological polar surface area (TPSA) is 54.0 Å². The molecule has 2 N–H and O–H groups in total. The lowest BCUT2D eigenvalue weighted by atomic mass is 10.1. The number of pyridine rings is 1. The number of aromatic nitrogens is 1. The fourth-order valence-corrected chi connectivity index (χ4v) is 2.86. The van der Waals surface area contributed by atoms with E-state index in [2.05, 4.69) is 15.6 Å². The van der Waals surface area contributed by atoms with Gasteiger partial charge < -0.3 is 10.6 Å². The van der Waals surface area contributed by atoms with Gasteiger partial charge in [0.15, 0.2) is 0 Å². The van der Waals surface area contributed by atoms with Crippen molar-refractivity contribution < 1.29 is 9.18 Å². The van der Waals surface area contributed by atoms with E-state index in [1.54, 1.807) is 30.5 Å². The Labute approximate surface area is 168 Å². The van der Waals surface area contributed by atoms with Gasteiger partial charge in [0.1, 0.15) is 11.5 Å². The second kappa shape index (κ2) is 9.85. The highest BCUT2D eigenvalue weighted by Gasteiger charge is 2.07. The predicted molar refractivity (Wildman–Crippen MR) is 110 cm³/mol. The van der Waals surface area contributed by atoms with Crippen LogP contribution < -0.4 is 10.6 Å². The fourth-order valence-electron chi connectivity index (χ4n) is 2.74. The number of benzene rings is 2. The van der Waals surface area contributed by atoms with Crippen LogP contribution in [0.1, 0.15) is 21.6 Å². The molecule has 0 bridgehead atoms. The van der Waals surface area contributed by atoms with Crippen molar-refractivity contribution in [2.45, 2.75) is 12.8 Å². The van der Waals surface area contributed by atoms with Crippen molar-refractivity contribution in [1.29, 1.82) is 0 Å². The molecule has 0 aliphatic rings. The van der Waals surface area contributed by atoms with Gasteiger partial charge in [-0.2, -0.15) is 0 Å². The highest BCUT2D eigenvalue weighted by molar-refractivity contribution is 6.30. The van der Waals surface area contributed by atoms with Gasteiger partial charge in [-0.3, -0.25) is 4.79 Å². The highest BCUT2D eigenvalue weighted by atomic mass is 35.5. The van der Waals surface area contributed by atoms with Gasteiger partial charge in [-0.05, 0) is 54.3 Å². The fraction of sp³-hybridized carbons (Fsp3) is 0.182. The number of nitrogens with one attached hydrogen (secondary N) is 2. The number of carbonyl (C=O) groups excluding carboxylic acids is 1. The molecule has 6 heteroatoms. The van der Waals surface area contributed by atoms with Gasteiger partial charge in [-0.1, -0.05) is 41.9 Å². The molecule has 0 atom stereocenters. The first kappa shape index (κ1) is 19.8. The molecule has 0 radical (unpaired) electrons. The first-order valence-corrected chi connectivity index (χ1v) is 9.45. The number of hydrogen-bond donors (Lipinski definition) is 2. The summed E-state index contributed by atoms with van der Waals surface area (Å²) in [6, 6.07) is 17.8. The van der Waals surface area contributed by atoms with E-state index in [9.17, 15) is 9.18 Å². The summed E-state index contributed by atoms with van der Waals surface area (Å²) in [6.07, 6.45) is 2.92. The molecule has 0 saturated heterocycles. The number of rotatable bonds is 8. The molecule has 0 spiro atoms. The van der Waals surface area contributed by atoms with Crippen LogP contribution in [0.25, 0.3) is 0 Å². The first-order valence-electron chi connectivity index (χ1n) is 9.08. The molecule has 0 fully saturated rings. The minimum absolute atomic E-state index is 0.260. The van der Waals surface area contributed by atoms with Gasteiger partial charge in [0, 0.05) is 18.1 Å². The van der Waals surface area contributed by atoms with Crippen molar-refractivity contribution in [2.75, 3.05) is 18.4 Å². The largest absolute Gasteiger partial charge is 0.383 e. The molecule has 28 heavy (non-hydrogen) atoms. The molecule has 0 saturated carbocycles. The van der Waals surface area contributed by atoms with E-state index in [1.807, 2.05) is 30.3 Å². The van der Waals surface area contributed by atoms with E-state index < -0.39 is 0 Å². The van der Waals surface area contributed by atoms with Crippen molar-refractivity contribution in [1.82, 2.24) is 10.3 Å². The molecule has 1 aromatic heterocycles. The summed E-state index contributed by atoms with van der Waals surface area (Å²) < 4.78 is 13.6. The van der Waals surface area contributed by atoms with E-state index in [1.165, 1.54) is 11.6 Å². The van der Waals surface area contributed by atoms with Crippen molar-refractivity contribution in [3.8, 4) is 0 Å². The standard InChI is InChI=1S/C22H21ClFN3O/c23-18-7-5-16(6-8-18)11-13-25-19-9-10-21(27-15-19)22(28)26-14-12-17-3-1-2-4-20(17)24/h1-10,15,25H,11-14H2,(H,26,28). The maximum absolute atomic E-state index is 13.6. The highest BCUT2D eigenvalue weighted by Crippen LogP contribution is 2.11. The van der Waals surface area contributed by atoms with Gasteiger partial charge >= 0.3 is 0 Å². The average Bonchev–Trinajstić information content (AvgIpc) is 2.71. The molecule has 2 aromatic carbocycles. The van der Waals surface area contributed by atoms with Crippen LogP contribution in [0.15, 0.2) is 66.9 Å². The van der Waals surface area contributed by atoms with E-state index in [0.717, 1.165) is 23.7 Å². The summed E-state index contributed by atoms with van der Waals surface area (Å²) in [5.74, 6) is -0.534. The number of anilines is 1. The Kier molecular flexibility index (Phi) is 6.98. The number of amides is 1. The van der Waals surface area contributed by atoms with E-state index in [-0.39, 0.29) is 11.7 Å². The molecule has 0 aliphatic heterocycles. The quantitative estimate of drug-likeness (QED) is 0.588. The van der Waals surface area contributed by atoms with Gasteiger partial charge in [-0.15, -0.1) is 0 Å². The van der Waals surface area contributed by atoms with Gasteiger partial charge in [0.2, 0.25) is 0 Å². The van der Waals surface area contributed by atoms with Crippen LogP contribution in [0.3, 0.4) is 0 Å². The lowest BCUT2D eigenvalue weighted by molar-refractivity contribution is 0.0949. The van der Waals surface area contributed by atoms with Crippen molar-refractivity contribution in [3.63, 3.8) is 0 Å². The third kappa shape index (κ3) is 5.79. The molecule has 1 amide bonds. The Hall–Kier alpha value is -2.92. The van der Waals surface area contributed by atoms with Crippen LogP contribution in [-0.2, 0) is 12.8 Å². The van der Waals surface area contributed by atoms with Gasteiger partial charge in [0.05, 0.1) is 11.9 Å². The summed E-state index contributed by atoms with van der Waals surface area (Å²) in [6.45, 7) is 1.10. The predicted octanol–water partition coefficient (Wildman–Crippen LogP) is 4.50. The first-order chi connectivity index (χ1) is 13.6. The molecule has 0 unspecified atom stereocenters. The monoisotopic (exact) mass is 397 g/mol. The normalized spacial score (nSPS) is 10.5. The second-order valence-corrected chi connectivity index (χ2v) is 6.77. The van der Waals surface area contributed by atoms with Crippen LogP contribution in [0.5, 0.6) is 0 Å². The van der Waals surface area contributed by atoms with E-state index in [0.29, 0.717) is 24.2 Å². The van der Waals surface area contributed by atoms with Crippen LogP contribution in [0, 0.1) is 5.82 Å². The van der Waals surface area contributed by atoms with Gasteiger partial charge in [-0.25, -0.2) is 9.37 Å². The summed E-state index contributed by atoms with van der Waals surface area (Å²) in [5.41, 5.74) is 2.94. The maximum atomic E-state index is 13.6. The number of halogens is 2. The SMILES string of the molecule is O=C(NCCc1ccccc1F)c1ccc(NCCc2ccc(Cl)cc2)cn1. The van der Waals surface area contributed by atoms with Crippen LogP contribution in [-0.4, -0.2) is 24.0 Å². The molecule has 3 aromatic rings. The average molecular weight is 398 g/mol. The lowest BCUT2D eigenvalue weighted by Crippen LogP contribution is -2.26. The molecule has 0 aliphatic carbocycles. The molecular formula is C22H21ClFN3O. The zero-order valence-corrected chi connectivity index (χ0v) is 16.0. The molecule has 4 nitrogen and oxygen atoms in total. The summed E-state index contributed by atoms with van der Waals surface area (Å²) in [7, 11) is 0. The van der Waals surface area contributed by atoms with Crippen molar-refractivity contribution in [3.05, 3.63) is 94.5 Å². The summed E-state index contributed by atoms with van der Waals surface area (Å²) in [5, 5.41) is 6.77. The summed E-state index contributed by atoms with van der Waals surface area (Å²) in [4.78, 5) is 16.4. The number of hydrogen-bond acceptors (Lipinski definition) is 3. The Morgan fingerprint density at radius 2 is 1.75 bits per heavy atom. The van der Waals surface area contributed by atoms with Crippen molar-refractivity contribution >= 4 is 23.2 Å². The summed E-state index contributed by atoms with van der Waals surface area (Å²) >= 11 is 5.88. The Bertz CT molecular complexity index is 914. The van der Waals surface area contributed by atoms with E-state index >= 15 is 0 Å². The third-order valence-corrected chi connectivity index (χ3v) is 4.54.